The third-order valence-corrected chi connectivity index (χ3v) is 2.49. The first-order chi connectivity index (χ1) is 8.29. The summed E-state index contributed by atoms with van der Waals surface area (Å²) in [4.78, 5) is 40.0. The van der Waals surface area contributed by atoms with Crippen molar-refractivity contribution >= 4 is 17.8 Å². The lowest BCUT2D eigenvalue weighted by atomic mass is 9.92. The molecule has 1 heterocycles. The number of carboxylic acids is 2. The third kappa shape index (κ3) is 2.47. The average molecular weight is 255 g/mol. The minimum absolute atomic E-state index is 0.272. The van der Waals surface area contributed by atoms with Gasteiger partial charge in [-0.2, -0.15) is 0 Å². The van der Waals surface area contributed by atoms with E-state index < -0.39 is 29.8 Å². The van der Waals surface area contributed by atoms with Crippen LogP contribution < -0.4 is 5.32 Å². The molecule has 0 aliphatic rings. The summed E-state index contributed by atoms with van der Waals surface area (Å²) in [5.74, 6) is -4.03. The Labute approximate surface area is 102 Å². The molecule has 1 aromatic heterocycles. The van der Waals surface area contributed by atoms with Crippen LogP contribution in [0, 0.1) is 6.92 Å². The van der Waals surface area contributed by atoms with Crippen molar-refractivity contribution < 1.29 is 24.6 Å². The summed E-state index contributed by atoms with van der Waals surface area (Å²) in [6.45, 7) is 2.68. The highest BCUT2D eigenvalue weighted by molar-refractivity contribution is 6.06. The van der Waals surface area contributed by atoms with Crippen LogP contribution in [-0.2, 0) is 20.8 Å². The summed E-state index contributed by atoms with van der Waals surface area (Å²) < 4.78 is 0. The van der Waals surface area contributed by atoms with Crippen LogP contribution in [0.25, 0.3) is 0 Å². The lowest BCUT2D eigenvalue weighted by molar-refractivity contribution is -0.161. The number of aliphatic carboxylic acids is 2. The summed E-state index contributed by atoms with van der Waals surface area (Å²) >= 11 is 0. The monoisotopic (exact) mass is 255 g/mol. The van der Waals surface area contributed by atoms with Crippen LogP contribution in [0.5, 0.6) is 0 Å². The fourth-order valence-electron chi connectivity index (χ4n) is 1.51. The van der Waals surface area contributed by atoms with E-state index in [-0.39, 0.29) is 5.69 Å². The van der Waals surface area contributed by atoms with Gasteiger partial charge in [0.1, 0.15) is 0 Å². The molecular formula is C10H13N3O5. The van der Waals surface area contributed by atoms with Gasteiger partial charge in [0.15, 0.2) is 0 Å². The van der Waals surface area contributed by atoms with Crippen molar-refractivity contribution in [1.82, 2.24) is 15.3 Å². The van der Waals surface area contributed by atoms with Crippen molar-refractivity contribution in [3.05, 3.63) is 17.7 Å². The maximum Gasteiger partial charge on any atom is 0.341 e. The van der Waals surface area contributed by atoms with Crippen molar-refractivity contribution in [3.63, 3.8) is 0 Å². The molecule has 0 saturated heterocycles. The summed E-state index contributed by atoms with van der Waals surface area (Å²) in [5, 5.41) is 20.2. The Kier molecular flexibility index (Phi) is 3.70. The van der Waals surface area contributed by atoms with Gasteiger partial charge in [0, 0.05) is 19.0 Å². The number of amides is 1. The van der Waals surface area contributed by atoms with Gasteiger partial charge >= 0.3 is 11.9 Å². The lowest BCUT2D eigenvalue weighted by Crippen LogP contribution is -2.61. The second kappa shape index (κ2) is 4.86. The molecule has 0 unspecified atom stereocenters. The topological polar surface area (TPSA) is 132 Å². The molecule has 4 N–H and O–H groups in total. The fraction of sp³-hybridized carbons (Fsp3) is 0.400. The molecule has 0 aliphatic carbocycles. The van der Waals surface area contributed by atoms with Gasteiger partial charge in [0.2, 0.25) is 11.4 Å². The zero-order valence-corrected chi connectivity index (χ0v) is 9.85. The predicted octanol–water partition coefficient (Wildman–Crippen LogP) is -0.695. The number of carboxylic acid groups (broad SMARTS) is 2. The number of imidazole rings is 1. The first-order valence-electron chi connectivity index (χ1n) is 5.04. The molecule has 0 spiro atoms. The van der Waals surface area contributed by atoms with E-state index in [4.69, 9.17) is 10.2 Å². The number of hydrogen-bond acceptors (Lipinski definition) is 4. The van der Waals surface area contributed by atoms with E-state index in [1.165, 1.54) is 6.33 Å². The SMILES string of the molecule is CC(=O)NC(Cc1nc[nH]c1C)(C(=O)O)C(=O)O. The number of H-pyrrole nitrogens is 1. The van der Waals surface area contributed by atoms with Crippen molar-refractivity contribution in [3.8, 4) is 0 Å². The molecule has 0 fully saturated rings. The van der Waals surface area contributed by atoms with E-state index >= 15 is 0 Å². The Balaban J connectivity index is 3.18. The molecule has 1 rings (SSSR count). The van der Waals surface area contributed by atoms with Crippen LogP contribution in [0.3, 0.4) is 0 Å². The molecule has 1 aromatic rings. The highest BCUT2D eigenvalue weighted by Gasteiger charge is 2.48. The third-order valence-electron chi connectivity index (χ3n) is 2.49. The lowest BCUT2D eigenvalue weighted by Gasteiger charge is -2.24. The van der Waals surface area contributed by atoms with Crippen molar-refractivity contribution in [1.29, 1.82) is 0 Å². The molecule has 98 valence electrons. The molecule has 0 aromatic carbocycles. The Morgan fingerprint density at radius 2 is 1.94 bits per heavy atom. The van der Waals surface area contributed by atoms with Gasteiger partial charge < -0.3 is 20.5 Å². The van der Waals surface area contributed by atoms with Crippen LogP contribution in [-0.4, -0.2) is 43.6 Å². The highest BCUT2D eigenvalue weighted by atomic mass is 16.4. The molecule has 0 atom stereocenters. The molecule has 18 heavy (non-hydrogen) atoms. The van der Waals surface area contributed by atoms with E-state index in [9.17, 15) is 14.4 Å². The maximum absolute atomic E-state index is 11.2. The number of rotatable bonds is 5. The van der Waals surface area contributed by atoms with Crippen LogP contribution >= 0.6 is 0 Å². The van der Waals surface area contributed by atoms with Gasteiger partial charge in [0.25, 0.3) is 0 Å². The predicted molar refractivity (Wildman–Crippen MR) is 58.8 cm³/mol. The molecule has 1 amide bonds. The second-order valence-corrected chi connectivity index (χ2v) is 3.85. The molecule has 8 nitrogen and oxygen atoms in total. The van der Waals surface area contributed by atoms with Gasteiger partial charge in [-0.15, -0.1) is 0 Å². The largest absolute Gasteiger partial charge is 0.479 e. The van der Waals surface area contributed by atoms with Crippen molar-refractivity contribution in [2.45, 2.75) is 25.8 Å². The normalized spacial score (nSPS) is 11.0. The molecule has 0 saturated carbocycles. The smallest absolute Gasteiger partial charge is 0.341 e. The quantitative estimate of drug-likeness (QED) is 0.514. The Morgan fingerprint density at radius 3 is 2.28 bits per heavy atom. The van der Waals surface area contributed by atoms with E-state index in [2.05, 4.69) is 9.97 Å². The summed E-state index contributed by atoms with van der Waals surface area (Å²) in [7, 11) is 0. The van der Waals surface area contributed by atoms with Crippen molar-refractivity contribution in [2.24, 2.45) is 0 Å². The van der Waals surface area contributed by atoms with Gasteiger partial charge in [-0.1, -0.05) is 0 Å². The van der Waals surface area contributed by atoms with E-state index in [1.54, 1.807) is 6.92 Å². The zero-order valence-electron chi connectivity index (χ0n) is 9.85. The van der Waals surface area contributed by atoms with Crippen LogP contribution in [0.4, 0.5) is 0 Å². The minimum atomic E-state index is -2.41. The number of carbonyl (C=O) groups is 3. The Hall–Kier alpha value is -2.38. The minimum Gasteiger partial charge on any atom is -0.479 e. The average Bonchev–Trinajstić information content (AvgIpc) is 2.61. The van der Waals surface area contributed by atoms with Crippen LogP contribution in [0.2, 0.25) is 0 Å². The molecule has 8 heteroatoms. The van der Waals surface area contributed by atoms with Gasteiger partial charge in [-0.05, 0) is 6.92 Å². The van der Waals surface area contributed by atoms with Gasteiger partial charge in [0.05, 0.1) is 12.0 Å². The number of carbonyl (C=O) groups excluding carboxylic acids is 1. The van der Waals surface area contributed by atoms with Gasteiger partial charge in [-0.25, -0.2) is 14.6 Å². The number of aryl methyl sites for hydroxylation is 1. The number of aromatic nitrogens is 2. The molecular weight excluding hydrogens is 242 g/mol. The fourth-order valence-corrected chi connectivity index (χ4v) is 1.51. The zero-order chi connectivity index (χ0) is 13.9. The first-order valence-corrected chi connectivity index (χ1v) is 5.04. The standard InChI is InChI=1S/C10H13N3O5/c1-5-7(12-4-11-5)3-10(8(15)16,9(17)18)13-6(2)14/h4H,3H2,1-2H3,(H,11,12)(H,13,14)(H,15,16)(H,17,18). The number of aromatic amines is 1. The first kappa shape index (κ1) is 13.7. The number of nitrogens with one attached hydrogen (secondary N) is 2. The Morgan fingerprint density at radius 1 is 1.39 bits per heavy atom. The van der Waals surface area contributed by atoms with Crippen LogP contribution in [0.1, 0.15) is 18.3 Å². The van der Waals surface area contributed by atoms with Crippen LogP contribution in [0.15, 0.2) is 6.33 Å². The second-order valence-electron chi connectivity index (χ2n) is 3.85. The summed E-state index contributed by atoms with van der Waals surface area (Å²) in [5.41, 5.74) is -1.59. The van der Waals surface area contributed by atoms with Gasteiger partial charge in [-0.3, -0.25) is 4.79 Å². The van der Waals surface area contributed by atoms with Crippen molar-refractivity contribution in [2.75, 3.05) is 0 Å². The van der Waals surface area contributed by atoms with E-state index in [0.717, 1.165) is 6.92 Å². The van der Waals surface area contributed by atoms with E-state index in [1.807, 2.05) is 5.32 Å². The molecule has 0 radical (unpaired) electrons. The number of nitrogens with zero attached hydrogens (tertiary/aromatic N) is 1. The molecule has 0 aliphatic heterocycles. The van der Waals surface area contributed by atoms with E-state index in [0.29, 0.717) is 5.69 Å². The summed E-state index contributed by atoms with van der Waals surface area (Å²) in [6.07, 6.45) is 0.888. The number of hydrogen-bond donors (Lipinski definition) is 4. The molecule has 0 bridgehead atoms. The Bertz CT molecular complexity index is 479. The highest BCUT2D eigenvalue weighted by Crippen LogP contribution is 2.15. The summed E-state index contributed by atoms with van der Waals surface area (Å²) in [6, 6.07) is 0. The maximum atomic E-state index is 11.2.